The Labute approximate surface area is 115 Å². The van der Waals surface area contributed by atoms with E-state index in [2.05, 4.69) is 10.6 Å². The van der Waals surface area contributed by atoms with E-state index in [4.69, 9.17) is 23.2 Å². The zero-order valence-electron chi connectivity index (χ0n) is 9.28. The summed E-state index contributed by atoms with van der Waals surface area (Å²) in [7, 11) is 0. The van der Waals surface area contributed by atoms with Gasteiger partial charge in [-0.25, -0.2) is 4.79 Å². The summed E-state index contributed by atoms with van der Waals surface area (Å²) in [5, 5.41) is 6.63. The van der Waals surface area contributed by atoms with Crippen LogP contribution in [0.25, 0.3) is 0 Å². The van der Waals surface area contributed by atoms with Crippen LogP contribution in [0.4, 0.5) is 16.2 Å². The number of rotatable bonds is 2. The molecule has 2 aromatic rings. The topological polar surface area (TPSA) is 41.1 Å². The molecule has 2 N–H and O–H groups in total. The maximum atomic E-state index is 11.7. The maximum Gasteiger partial charge on any atom is 0.323 e. The molecule has 5 heteroatoms. The molecule has 0 saturated carbocycles. The lowest BCUT2D eigenvalue weighted by Gasteiger charge is -2.07. The lowest BCUT2D eigenvalue weighted by molar-refractivity contribution is 0.262. The van der Waals surface area contributed by atoms with Gasteiger partial charge in [-0.2, -0.15) is 0 Å². The number of amides is 2. The van der Waals surface area contributed by atoms with Crippen molar-refractivity contribution >= 4 is 40.6 Å². The monoisotopic (exact) mass is 280 g/mol. The SMILES string of the molecule is O=C(Nc1ccc(Cl)cc1)Nc1ccc(Cl)cc1. The molecule has 3 nitrogen and oxygen atoms in total. The van der Waals surface area contributed by atoms with E-state index in [1.54, 1.807) is 48.5 Å². The molecule has 0 bridgehead atoms. The van der Waals surface area contributed by atoms with Crippen molar-refractivity contribution in [3.05, 3.63) is 58.6 Å². The van der Waals surface area contributed by atoms with Crippen molar-refractivity contribution in [3.8, 4) is 0 Å². The normalized spacial score (nSPS) is 9.89. The van der Waals surface area contributed by atoms with Crippen LogP contribution in [0.3, 0.4) is 0 Å². The molecule has 0 fully saturated rings. The van der Waals surface area contributed by atoms with Gasteiger partial charge in [0.05, 0.1) is 0 Å². The Balaban J connectivity index is 1.96. The molecule has 0 radical (unpaired) electrons. The van der Waals surface area contributed by atoms with E-state index in [0.717, 1.165) is 0 Å². The first-order valence-corrected chi connectivity index (χ1v) is 5.98. The Hall–Kier alpha value is -1.71. The van der Waals surface area contributed by atoms with Crippen molar-refractivity contribution in [2.24, 2.45) is 0 Å². The number of hydrogen-bond acceptors (Lipinski definition) is 1. The smallest absolute Gasteiger partial charge is 0.308 e. The Bertz CT molecular complexity index is 488. The first-order valence-electron chi connectivity index (χ1n) is 5.22. The van der Waals surface area contributed by atoms with Crippen molar-refractivity contribution in [3.63, 3.8) is 0 Å². The van der Waals surface area contributed by atoms with Gasteiger partial charge in [0.25, 0.3) is 0 Å². The Morgan fingerprint density at radius 2 is 1.06 bits per heavy atom. The number of anilines is 2. The summed E-state index contributed by atoms with van der Waals surface area (Å²) < 4.78 is 0. The van der Waals surface area contributed by atoms with Crippen LogP contribution in [0.5, 0.6) is 0 Å². The molecule has 18 heavy (non-hydrogen) atoms. The van der Waals surface area contributed by atoms with Gasteiger partial charge >= 0.3 is 6.03 Å². The highest BCUT2D eigenvalue weighted by Gasteiger charge is 2.02. The van der Waals surface area contributed by atoms with Gasteiger partial charge in [0.15, 0.2) is 0 Å². The average molecular weight is 281 g/mol. The highest BCUT2D eigenvalue weighted by molar-refractivity contribution is 6.31. The molecular weight excluding hydrogens is 271 g/mol. The fraction of sp³-hybridized carbons (Fsp3) is 0. The van der Waals surface area contributed by atoms with Gasteiger partial charge in [-0.15, -0.1) is 0 Å². The summed E-state index contributed by atoms with van der Waals surface area (Å²) in [5.41, 5.74) is 1.34. The fourth-order valence-electron chi connectivity index (χ4n) is 1.36. The second-order valence-electron chi connectivity index (χ2n) is 3.59. The molecule has 0 aliphatic heterocycles. The molecule has 2 aromatic carbocycles. The van der Waals surface area contributed by atoms with E-state index in [1.165, 1.54) is 0 Å². The Morgan fingerprint density at radius 1 is 0.722 bits per heavy atom. The standard InChI is InChI=1S/C13H10Cl2N2O/c14-9-1-5-11(6-2-9)16-13(18)17-12-7-3-10(15)4-8-12/h1-8H,(H2,16,17,18). The predicted octanol–water partition coefficient (Wildman–Crippen LogP) is 4.64. The molecular formula is C13H10Cl2N2O. The Kier molecular flexibility index (Phi) is 4.07. The first-order chi connectivity index (χ1) is 8.63. The summed E-state index contributed by atoms with van der Waals surface area (Å²) in [4.78, 5) is 11.7. The van der Waals surface area contributed by atoms with Crippen molar-refractivity contribution in [1.82, 2.24) is 0 Å². The maximum absolute atomic E-state index is 11.7. The number of nitrogens with one attached hydrogen (secondary N) is 2. The van der Waals surface area contributed by atoms with Crippen LogP contribution < -0.4 is 10.6 Å². The van der Waals surface area contributed by atoms with Crippen LogP contribution in [0.1, 0.15) is 0 Å². The zero-order chi connectivity index (χ0) is 13.0. The molecule has 0 unspecified atom stereocenters. The third kappa shape index (κ3) is 3.65. The molecule has 2 rings (SSSR count). The molecule has 0 spiro atoms. The molecule has 0 atom stereocenters. The summed E-state index contributed by atoms with van der Waals surface area (Å²) in [6.07, 6.45) is 0. The average Bonchev–Trinajstić information content (AvgIpc) is 2.35. The van der Waals surface area contributed by atoms with Gasteiger partial charge in [-0.1, -0.05) is 23.2 Å². The molecule has 92 valence electrons. The Morgan fingerprint density at radius 3 is 1.39 bits per heavy atom. The van der Waals surface area contributed by atoms with Crippen LogP contribution in [0.15, 0.2) is 48.5 Å². The van der Waals surface area contributed by atoms with E-state index in [1.807, 2.05) is 0 Å². The highest BCUT2D eigenvalue weighted by Crippen LogP contribution is 2.15. The highest BCUT2D eigenvalue weighted by atomic mass is 35.5. The van der Waals surface area contributed by atoms with E-state index in [0.29, 0.717) is 21.4 Å². The van der Waals surface area contributed by atoms with Gasteiger partial charge in [0, 0.05) is 21.4 Å². The minimum atomic E-state index is -0.320. The van der Waals surface area contributed by atoms with Crippen molar-refractivity contribution in [1.29, 1.82) is 0 Å². The van der Waals surface area contributed by atoms with E-state index < -0.39 is 0 Å². The quantitative estimate of drug-likeness (QED) is 0.827. The van der Waals surface area contributed by atoms with Crippen LogP contribution in [0.2, 0.25) is 10.0 Å². The molecule has 0 saturated heterocycles. The summed E-state index contributed by atoms with van der Waals surface area (Å²) in [6, 6.07) is 13.4. The molecule has 0 heterocycles. The fourth-order valence-corrected chi connectivity index (χ4v) is 1.61. The second-order valence-corrected chi connectivity index (χ2v) is 4.47. The van der Waals surface area contributed by atoms with Gasteiger partial charge < -0.3 is 10.6 Å². The first kappa shape index (κ1) is 12.7. The lowest BCUT2D eigenvalue weighted by atomic mass is 10.3. The van der Waals surface area contributed by atoms with Crippen LogP contribution in [-0.4, -0.2) is 6.03 Å². The lowest BCUT2D eigenvalue weighted by Crippen LogP contribution is -2.19. The van der Waals surface area contributed by atoms with Crippen LogP contribution in [0, 0.1) is 0 Å². The molecule has 0 aromatic heterocycles. The molecule has 0 aliphatic rings. The third-order valence-electron chi connectivity index (χ3n) is 2.20. The van der Waals surface area contributed by atoms with E-state index in [9.17, 15) is 4.79 Å². The van der Waals surface area contributed by atoms with Crippen molar-refractivity contribution in [2.75, 3.05) is 10.6 Å². The number of carbonyl (C=O) groups is 1. The summed E-state index contributed by atoms with van der Waals surface area (Å²) >= 11 is 11.5. The minimum Gasteiger partial charge on any atom is -0.308 e. The molecule has 2 amide bonds. The number of halogens is 2. The van der Waals surface area contributed by atoms with Crippen LogP contribution >= 0.6 is 23.2 Å². The third-order valence-corrected chi connectivity index (χ3v) is 2.71. The van der Waals surface area contributed by atoms with Gasteiger partial charge in [-0.05, 0) is 48.5 Å². The van der Waals surface area contributed by atoms with Crippen LogP contribution in [-0.2, 0) is 0 Å². The summed E-state index contributed by atoms with van der Waals surface area (Å²) in [5.74, 6) is 0. The molecule has 0 aliphatic carbocycles. The number of urea groups is 1. The van der Waals surface area contributed by atoms with Gasteiger partial charge in [-0.3, -0.25) is 0 Å². The van der Waals surface area contributed by atoms with Gasteiger partial charge in [0.1, 0.15) is 0 Å². The second kappa shape index (κ2) is 5.76. The van der Waals surface area contributed by atoms with Crippen molar-refractivity contribution in [2.45, 2.75) is 0 Å². The van der Waals surface area contributed by atoms with E-state index >= 15 is 0 Å². The predicted molar refractivity (Wildman–Crippen MR) is 75.5 cm³/mol. The number of hydrogen-bond donors (Lipinski definition) is 2. The zero-order valence-corrected chi connectivity index (χ0v) is 10.8. The summed E-state index contributed by atoms with van der Waals surface area (Å²) in [6.45, 7) is 0. The van der Waals surface area contributed by atoms with Gasteiger partial charge in [0.2, 0.25) is 0 Å². The number of carbonyl (C=O) groups excluding carboxylic acids is 1. The van der Waals surface area contributed by atoms with Crippen molar-refractivity contribution < 1.29 is 4.79 Å². The number of benzene rings is 2. The largest absolute Gasteiger partial charge is 0.323 e. The minimum absolute atomic E-state index is 0.320. The van der Waals surface area contributed by atoms with E-state index in [-0.39, 0.29) is 6.03 Å².